The lowest BCUT2D eigenvalue weighted by molar-refractivity contribution is -0.161. The van der Waals surface area contributed by atoms with Crippen LogP contribution in [-0.2, 0) is 42.2 Å². The van der Waals surface area contributed by atoms with Crippen molar-refractivity contribution < 1.29 is 52.2 Å². The number of hydrogen-bond donors (Lipinski definition) is 2. The summed E-state index contributed by atoms with van der Waals surface area (Å²) in [5.74, 6) is -1.50. The van der Waals surface area contributed by atoms with E-state index in [9.17, 15) is 28.9 Å². The van der Waals surface area contributed by atoms with E-state index >= 15 is 0 Å². The van der Waals surface area contributed by atoms with E-state index in [0.29, 0.717) is 19.3 Å². The number of carbonyl (C=O) groups is 3. The molecule has 0 radical (unpaired) electrons. The zero-order chi connectivity index (χ0) is 49.9. The third-order valence-corrected chi connectivity index (χ3v) is 12.4. The van der Waals surface area contributed by atoms with Gasteiger partial charge in [-0.25, -0.2) is 4.57 Å². The van der Waals surface area contributed by atoms with E-state index in [1.54, 1.807) is 0 Å². The summed E-state index contributed by atoms with van der Waals surface area (Å²) < 4.78 is 39.3. The van der Waals surface area contributed by atoms with Crippen LogP contribution in [0.1, 0.15) is 239 Å². The molecule has 0 heterocycles. The Morgan fingerprint density at radius 1 is 0.426 bits per heavy atom. The zero-order valence-corrected chi connectivity index (χ0v) is 44.2. The lowest BCUT2D eigenvalue weighted by Crippen LogP contribution is -2.30. The van der Waals surface area contributed by atoms with E-state index in [-0.39, 0.29) is 25.9 Å². The Morgan fingerprint density at radius 3 is 1.18 bits per heavy atom. The predicted molar refractivity (Wildman–Crippen MR) is 279 cm³/mol. The first-order chi connectivity index (χ1) is 33.2. The van der Waals surface area contributed by atoms with Crippen LogP contribution in [0.15, 0.2) is 60.8 Å². The standard InChI is InChI=1S/C56H99O11P/c1-4-7-10-13-16-19-22-23-24-25-26-27-28-29-32-33-36-39-42-45-54(58)63-49-53(67-56(60)47-44-41-38-35-31-21-18-15-12-9-6-3)51-65-68(61,62)64-50-52(48-57)66-55(59)46-43-40-37-34-30-20-17-14-11-8-5-2/h7,10,16,19,23-24,26-27,29,32,52-53,57H,4-6,8-9,11-15,17-18,20-22,25,28,30-31,33-51H2,1-3H3,(H,61,62)/b10-7-,19-16-,24-23-,27-26-,32-29-. The first kappa shape index (κ1) is 65.2. The molecule has 0 amide bonds. The smallest absolute Gasteiger partial charge is 0.462 e. The minimum Gasteiger partial charge on any atom is -0.462 e. The lowest BCUT2D eigenvalue weighted by Gasteiger charge is -2.21. The summed E-state index contributed by atoms with van der Waals surface area (Å²) in [5, 5.41) is 9.77. The van der Waals surface area contributed by atoms with Crippen LogP contribution in [0.3, 0.4) is 0 Å². The summed E-state index contributed by atoms with van der Waals surface area (Å²) in [6.07, 6.45) is 53.3. The van der Waals surface area contributed by atoms with Crippen LogP contribution in [-0.4, -0.2) is 66.5 Å². The maximum atomic E-state index is 12.8. The molecule has 0 bridgehead atoms. The average Bonchev–Trinajstić information content (AvgIpc) is 3.32. The number of aliphatic hydroxyl groups excluding tert-OH is 1. The number of rotatable bonds is 50. The molecule has 0 aliphatic heterocycles. The molecule has 0 saturated carbocycles. The van der Waals surface area contributed by atoms with Crippen molar-refractivity contribution in [1.82, 2.24) is 0 Å². The molecule has 0 spiro atoms. The second kappa shape index (κ2) is 50.6. The first-order valence-electron chi connectivity index (χ1n) is 27.2. The Morgan fingerprint density at radius 2 is 0.765 bits per heavy atom. The quantitative estimate of drug-likeness (QED) is 0.0197. The van der Waals surface area contributed by atoms with Gasteiger partial charge in [-0.05, 0) is 64.2 Å². The molecule has 0 rings (SSSR count). The molecule has 0 aliphatic rings. The number of carbonyl (C=O) groups excluding carboxylic acids is 3. The molecule has 3 unspecified atom stereocenters. The van der Waals surface area contributed by atoms with Crippen LogP contribution in [0.2, 0.25) is 0 Å². The minimum absolute atomic E-state index is 0.162. The molecule has 0 saturated heterocycles. The Hall–Kier alpha value is -2.82. The monoisotopic (exact) mass is 979 g/mol. The van der Waals surface area contributed by atoms with E-state index in [1.807, 2.05) is 0 Å². The van der Waals surface area contributed by atoms with Gasteiger partial charge in [0, 0.05) is 19.3 Å². The fourth-order valence-electron chi connectivity index (χ4n) is 7.32. The van der Waals surface area contributed by atoms with Gasteiger partial charge in [-0.1, -0.05) is 216 Å². The molecule has 394 valence electrons. The van der Waals surface area contributed by atoms with Crippen LogP contribution in [0.4, 0.5) is 0 Å². The van der Waals surface area contributed by atoms with Gasteiger partial charge >= 0.3 is 25.7 Å². The molecule has 3 atom stereocenters. The summed E-state index contributed by atoms with van der Waals surface area (Å²) in [4.78, 5) is 48.3. The summed E-state index contributed by atoms with van der Waals surface area (Å²) in [5.41, 5.74) is 0. The summed E-state index contributed by atoms with van der Waals surface area (Å²) in [6.45, 7) is 4.48. The van der Waals surface area contributed by atoms with Gasteiger partial charge in [0.1, 0.15) is 12.7 Å². The van der Waals surface area contributed by atoms with Gasteiger partial charge in [-0.2, -0.15) is 0 Å². The molecular formula is C56H99O11P. The van der Waals surface area contributed by atoms with E-state index in [4.69, 9.17) is 23.3 Å². The molecular weight excluding hydrogens is 880 g/mol. The predicted octanol–water partition coefficient (Wildman–Crippen LogP) is 15.6. The van der Waals surface area contributed by atoms with E-state index in [2.05, 4.69) is 81.5 Å². The normalized spacial score (nSPS) is 13.9. The number of allylic oxidation sites excluding steroid dienone is 10. The molecule has 0 aromatic rings. The van der Waals surface area contributed by atoms with E-state index in [1.165, 1.54) is 89.9 Å². The lowest BCUT2D eigenvalue weighted by atomic mass is 10.1. The van der Waals surface area contributed by atoms with Gasteiger partial charge in [-0.3, -0.25) is 23.4 Å². The third-order valence-electron chi connectivity index (χ3n) is 11.5. The van der Waals surface area contributed by atoms with Gasteiger partial charge in [0.2, 0.25) is 0 Å². The Bertz CT molecular complexity index is 1370. The van der Waals surface area contributed by atoms with Crippen LogP contribution >= 0.6 is 7.82 Å². The maximum absolute atomic E-state index is 12.8. The fraction of sp³-hybridized carbons (Fsp3) is 0.768. The van der Waals surface area contributed by atoms with Gasteiger partial charge in [0.15, 0.2) is 6.10 Å². The highest BCUT2D eigenvalue weighted by Gasteiger charge is 2.28. The summed E-state index contributed by atoms with van der Waals surface area (Å²) in [7, 11) is -4.74. The molecule has 2 N–H and O–H groups in total. The Balaban J connectivity index is 4.74. The number of unbranched alkanes of at least 4 members (excludes halogenated alkanes) is 23. The van der Waals surface area contributed by atoms with Crippen molar-refractivity contribution >= 4 is 25.7 Å². The number of esters is 3. The highest BCUT2D eigenvalue weighted by atomic mass is 31.2. The number of aliphatic hydroxyl groups is 1. The average molecular weight is 979 g/mol. The van der Waals surface area contributed by atoms with E-state index < -0.39 is 57.8 Å². The van der Waals surface area contributed by atoms with Gasteiger partial charge in [0.25, 0.3) is 0 Å². The topological polar surface area (TPSA) is 155 Å². The van der Waals surface area contributed by atoms with Crippen molar-refractivity contribution in [2.45, 2.75) is 251 Å². The Kier molecular flexibility index (Phi) is 48.5. The van der Waals surface area contributed by atoms with Gasteiger partial charge in [0.05, 0.1) is 19.8 Å². The van der Waals surface area contributed by atoms with Crippen molar-refractivity contribution in [3.05, 3.63) is 60.8 Å². The third kappa shape index (κ3) is 48.2. The SMILES string of the molecule is CC/C=C\C/C=C\C/C=C\C/C=C\C/C=C\CCCCCC(=O)OCC(COP(=O)(O)OCC(CO)OC(=O)CCCCCCCCCCCCC)OC(=O)CCCCCCCCCCCCC. The van der Waals surface area contributed by atoms with Gasteiger partial charge < -0.3 is 24.2 Å². The molecule has 0 aromatic carbocycles. The number of hydrogen-bond acceptors (Lipinski definition) is 10. The zero-order valence-electron chi connectivity index (χ0n) is 43.3. The second-order valence-corrected chi connectivity index (χ2v) is 19.5. The first-order valence-corrected chi connectivity index (χ1v) is 28.7. The molecule has 0 aromatic heterocycles. The summed E-state index contributed by atoms with van der Waals surface area (Å²) >= 11 is 0. The van der Waals surface area contributed by atoms with Crippen LogP contribution in [0.25, 0.3) is 0 Å². The number of phosphoric ester groups is 1. The maximum Gasteiger partial charge on any atom is 0.472 e. The van der Waals surface area contributed by atoms with Crippen molar-refractivity contribution in [3.63, 3.8) is 0 Å². The van der Waals surface area contributed by atoms with E-state index in [0.717, 1.165) is 89.9 Å². The van der Waals surface area contributed by atoms with Crippen molar-refractivity contribution in [2.75, 3.05) is 26.4 Å². The molecule has 11 nitrogen and oxygen atoms in total. The van der Waals surface area contributed by atoms with Crippen molar-refractivity contribution in [1.29, 1.82) is 0 Å². The molecule has 0 aliphatic carbocycles. The molecule has 12 heteroatoms. The number of ether oxygens (including phenoxy) is 3. The fourth-order valence-corrected chi connectivity index (χ4v) is 8.11. The second-order valence-electron chi connectivity index (χ2n) is 18.0. The highest BCUT2D eigenvalue weighted by molar-refractivity contribution is 7.47. The highest BCUT2D eigenvalue weighted by Crippen LogP contribution is 2.43. The van der Waals surface area contributed by atoms with Crippen LogP contribution < -0.4 is 0 Å². The molecule has 0 fully saturated rings. The molecule has 68 heavy (non-hydrogen) atoms. The van der Waals surface area contributed by atoms with Crippen LogP contribution in [0.5, 0.6) is 0 Å². The van der Waals surface area contributed by atoms with Gasteiger partial charge in [-0.15, -0.1) is 0 Å². The largest absolute Gasteiger partial charge is 0.472 e. The minimum atomic E-state index is -4.74. The van der Waals surface area contributed by atoms with Crippen molar-refractivity contribution in [2.24, 2.45) is 0 Å². The Labute approximate surface area is 415 Å². The number of phosphoric acid groups is 1. The van der Waals surface area contributed by atoms with Crippen LogP contribution in [0, 0.1) is 0 Å². The summed E-state index contributed by atoms with van der Waals surface area (Å²) in [6, 6.07) is 0. The van der Waals surface area contributed by atoms with Crippen molar-refractivity contribution in [3.8, 4) is 0 Å².